The van der Waals surface area contributed by atoms with Gasteiger partial charge in [-0.25, -0.2) is 0 Å². The maximum atomic E-state index is 6.70. The summed E-state index contributed by atoms with van der Waals surface area (Å²) in [7, 11) is 0. The van der Waals surface area contributed by atoms with Crippen LogP contribution in [-0.2, 0) is 0 Å². The molecule has 1 aliphatic carbocycles. The van der Waals surface area contributed by atoms with Gasteiger partial charge in [-0.3, -0.25) is 0 Å². The van der Waals surface area contributed by atoms with Crippen LogP contribution in [0.25, 0.3) is 10.9 Å². The number of para-hydroxylation sites is 1. The number of fused-ring (bicyclic) bond motifs is 2. The van der Waals surface area contributed by atoms with Crippen LogP contribution in [0.1, 0.15) is 32.3 Å². The van der Waals surface area contributed by atoms with Crippen molar-refractivity contribution < 1.29 is 0 Å². The van der Waals surface area contributed by atoms with Crippen LogP contribution >= 0.6 is 11.6 Å². The molecule has 0 spiro atoms. The Morgan fingerprint density at radius 2 is 1.93 bits per heavy atom. The van der Waals surface area contributed by atoms with Gasteiger partial charge in [0.25, 0.3) is 0 Å². The summed E-state index contributed by atoms with van der Waals surface area (Å²) in [5.41, 5.74) is 4.68. The van der Waals surface area contributed by atoms with E-state index in [4.69, 9.17) is 11.6 Å². The minimum atomic E-state index is 0.0287. The van der Waals surface area contributed by atoms with Crippen LogP contribution in [0.3, 0.4) is 0 Å². The lowest BCUT2D eigenvalue weighted by Gasteiger charge is -2.26. The summed E-state index contributed by atoms with van der Waals surface area (Å²) in [5.74, 6) is 0.333. The zero-order valence-electron chi connectivity index (χ0n) is 17.3. The van der Waals surface area contributed by atoms with Crippen LogP contribution in [0.2, 0.25) is 0 Å². The molecular formula is C26H29ClN2. The van der Waals surface area contributed by atoms with Gasteiger partial charge in [-0.1, -0.05) is 86.7 Å². The van der Waals surface area contributed by atoms with E-state index in [9.17, 15) is 0 Å². The molecule has 2 heterocycles. The summed E-state index contributed by atoms with van der Waals surface area (Å²) in [6.07, 6.45) is 18.8. The summed E-state index contributed by atoms with van der Waals surface area (Å²) < 4.78 is 0. The molecule has 2 aliphatic rings. The van der Waals surface area contributed by atoms with E-state index in [0.29, 0.717) is 12.0 Å². The molecule has 2 nitrogen and oxygen atoms in total. The average Bonchev–Trinajstić information content (AvgIpc) is 3.38. The second-order valence-corrected chi connectivity index (χ2v) is 7.27. The predicted octanol–water partition coefficient (Wildman–Crippen LogP) is 7.13. The molecule has 0 saturated heterocycles. The number of H-pyrrole nitrogens is 1. The molecule has 1 aromatic carbocycles. The Morgan fingerprint density at radius 3 is 2.69 bits per heavy atom. The summed E-state index contributed by atoms with van der Waals surface area (Å²) in [5, 5.41) is 5.46. The number of nitrogens with one attached hydrogen (secondary N) is 2. The zero-order valence-corrected chi connectivity index (χ0v) is 18.1. The van der Waals surface area contributed by atoms with Crippen LogP contribution in [0.4, 0.5) is 0 Å². The minimum absolute atomic E-state index is 0.0287. The van der Waals surface area contributed by atoms with Crippen molar-refractivity contribution in [3.63, 3.8) is 0 Å². The molecule has 1 aromatic heterocycles. The van der Waals surface area contributed by atoms with Gasteiger partial charge < -0.3 is 10.3 Å². The molecule has 1 aliphatic heterocycles. The van der Waals surface area contributed by atoms with Crippen molar-refractivity contribution in [2.75, 3.05) is 0 Å². The molecule has 0 amide bonds. The number of benzene rings is 1. The number of halogens is 1. The Hall–Kier alpha value is -2.71. The molecule has 29 heavy (non-hydrogen) atoms. The van der Waals surface area contributed by atoms with Gasteiger partial charge in [0.05, 0.1) is 6.04 Å². The molecule has 3 unspecified atom stereocenters. The van der Waals surface area contributed by atoms with Gasteiger partial charge in [0.15, 0.2) is 0 Å². The topological polar surface area (TPSA) is 27.8 Å². The Bertz CT molecular complexity index is 1020. The quantitative estimate of drug-likeness (QED) is 0.509. The van der Waals surface area contributed by atoms with E-state index in [1.165, 1.54) is 16.5 Å². The fourth-order valence-electron chi connectivity index (χ4n) is 4.10. The zero-order chi connectivity index (χ0) is 20.8. The molecule has 3 heteroatoms. The van der Waals surface area contributed by atoms with E-state index < -0.39 is 0 Å². The van der Waals surface area contributed by atoms with Crippen molar-refractivity contribution in [3.05, 3.63) is 108 Å². The highest BCUT2D eigenvalue weighted by molar-refractivity contribution is 6.31. The number of aromatic amines is 1. The van der Waals surface area contributed by atoms with Crippen molar-refractivity contribution in [3.8, 4) is 0 Å². The summed E-state index contributed by atoms with van der Waals surface area (Å²) >= 11 is 6.70. The number of rotatable bonds is 5. The molecule has 2 aromatic rings. The number of hydrogen-bond acceptors (Lipinski definition) is 1. The van der Waals surface area contributed by atoms with Crippen molar-refractivity contribution in [1.29, 1.82) is 0 Å². The monoisotopic (exact) mass is 404 g/mol. The summed E-state index contributed by atoms with van der Waals surface area (Å²) in [6.45, 7) is 10.1. The van der Waals surface area contributed by atoms with Crippen molar-refractivity contribution in [1.82, 2.24) is 10.3 Å². The van der Waals surface area contributed by atoms with Gasteiger partial charge in [0, 0.05) is 34.0 Å². The van der Waals surface area contributed by atoms with Crippen LogP contribution in [-0.4, -0.2) is 11.0 Å². The first-order valence-corrected chi connectivity index (χ1v) is 10.6. The van der Waals surface area contributed by atoms with E-state index in [1.54, 1.807) is 0 Å². The van der Waals surface area contributed by atoms with Gasteiger partial charge in [-0.05, 0) is 42.0 Å². The summed E-state index contributed by atoms with van der Waals surface area (Å²) in [6, 6.07) is 8.69. The van der Waals surface area contributed by atoms with Gasteiger partial charge in [-0.15, -0.1) is 0 Å². The summed E-state index contributed by atoms with van der Waals surface area (Å²) in [4.78, 5) is 3.42. The maximum Gasteiger partial charge on any atom is 0.0543 e. The maximum absolute atomic E-state index is 6.70. The molecule has 150 valence electrons. The first kappa shape index (κ1) is 21.0. The fourth-order valence-corrected chi connectivity index (χ4v) is 4.42. The first-order valence-electron chi connectivity index (χ1n) is 10.3. The molecule has 0 saturated carbocycles. The van der Waals surface area contributed by atoms with E-state index in [2.05, 4.69) is 77.8 Å². The molecule has 0 radical (unpaired) electrons. The third kappa shape index (κ3) is 4.04. The number of allylic oxidation sites excluding steroid dienone is 7. The van der Waals surface area contributed by atoms with E-state index in [0.717, 1.165) is 16.1 Å². The second-order valence-electron chi connectivity index (χ2n) is 6.86. The van der Waals surface area contributed by atoms with Crippen molar-refractivity contribution in [2.45, 2.75) is 32.7 Å². The number of hydrogen-bond donors (Lipinski definition) is 2. The Morgan fingerprint density at radius 1 is 1.17 bits per heavy atom. The van der Waals surface area contributed by atoms with Crippen LogP contribution < -0.4 is 5.32 Å². The number of aromatic nitrogens is 1. The van der Waals surface area contributed by atoms with Crippen molar-refractivity contribution in [2.24, 2.45) is 5.92 Å². The third-order valence-electron chi connectivity index (χ3n) is 5.35. The second kappa shape index (κ2) is 9.67. The molecule has 2 N–H and O–H groups in total. The van der Waals surface area contributed by atoms with Crippen LogP contribution in [0.5, 0.6) is 0 Å². The lowest BCUT2D eigenvalue weighted by molar-refractivity contribution is 0.614. The minimum Gasteiger partial charge on any atom is -0.384 e. The normalized spacial score (nSPS) is 21.7. The van der Waals surface area contributed by atoms with Gasteiger partial charge in [0.2, 0.25) is 0 Å². The van der Waals surface area contributed by atoms with E-state index in [1.807, 2.05) is 39.0 Å². The van der Waals surface area contributed by atoms with Crippen LogP contribution in [0, 0.1) is 5.92 Å². The SMILES string of the molecule is C=C/C(=C(Cl)\C=C/C)C(C1=CNC2C=CC=CC12)c1c[nH]c2ccccc12.CC. The van der Waals surface area contributed by atoms with Crippen molar-refractivity contribution >= 4 is 22.5 Å². The van der Waals surface area contributed by atoms with E-state index in [-0.39, 0.29) is 5.92 Å². The molecule has 0 fully saturated rings. The highest BCUT2D eigenvalue weighted by Gasteiger charge is 2.35. The third-order valence-corrected chi connectivity index (χ3v) is 5.69. The highest BCUT2D eigenvalue weighted by atomic mass is 35.5. The highest BCUT2D eigenvalue weighted by Crippen LogP contribution is 2.45. The van der Waals surface area contributed by atoms with Crippen LogP contribution in [0.15, 0.2) is 102 Å². The lowest BCUT2D eigenvalue weighted by atomic mass is 9.77. The predicted molar refractivity (Wildman–Crippen MR) is 127 cm³/mol. The largest absolute Gasteiger partial charge is 0.384 e. The van der Waals surface area contributed by atoms with Gasteiger partial charge in [0.1, 0.15) is 0 Å². The smallest absolute Gasteiger partial charge is 0.0543 e. The van der Waals surface area contributed by atoms with Gasteiger partial charge >= 0.3 is 0 Å². The molecular weight excluding hydrogens is 376 g/mol. The first-order chi connectivity index (χ1) is 14.2. The Labute approximate surface area is 179 Å². The Kier molecular flexibility index (Phi) is 7.00. The molecule has 4 rings (SSSR count). The average molecular weight is 405 g/mol. The Balaban J connectivity index is 0.00000117. The fraction of sp³-hybridized carbons (Fsp3) is 0.231. The standard InChI is InChI=1S/C24H23ClN2.C2H6/c1-3-9-21(25)16(4-2)24(19-14-26-22-12-7-5-10-17(19)22)20-15-27-23-13-8-6-11-18(20)23;1-2/h3-15,17,22,24,26-27H,2H2,1H3;1-2H3/b9-3-,21-16-;. The lowest BCUT2D eigenvalue weighted by Crippen LogP contribution is -2.26. The van der Waals surface area contributed by atoms with Gasteiger partial charge in [-0.2, -0.15) is 0 Å². The molecule has 0 bridgehead atoms. The molecule has 3 atom stereocenters. The van der Waals surface area contributed by atoms with E-state index >= 15 is 0 Å².